The highest BCUT2D eigenvalue weighted by Gasteiger charge is 2.27. The maximum atomic E-state index is 6.12. The summed E-state index contributed by atoms with van der Waals surface area (Å²) in [6.45, 7) is 4.22. The van der Waals surface area contributed by atoms with Crippen LogP contribution in [0, 0.1) is 5.92 Å². The molecule has 0 aromatic heterocycles. The van der Waals surface area contributed by atoms with Crippen molar-refractivity contribution in [2.24, 2.45) is 11.1 Å². The maximum absolute atomic E-state index is 6.12. The van der Waals surface area contributed by atoms with Gasteiger partial charge < -0.3 is 4.84 Å². The standard InChI is InChI=1S/C12H13Cl2NO/c1-7(2)11-6-10(15-16-11)12-8(13)4-3-5-9(12)14/h3-5,7,11H,6H2,1-2H3. The van der Waals surface area contributed by atoms with E-state index in [1.165, 1.54) is 0 Å². The molecule has 0 N–H and O–H groups in total. The second-order valence-electron chi connectivity index (χ2n) is 4.23. The Morgan fingerprint density at radius 1 is 1.31 bits per heavy atom. The van der Waals surface area contributed by atoms with E-state index in [0.29, 0.717) is 16.0 Å². The first-order valence-electron chi connectivity index (χ1n) is 5.26. The summed E-state index contributed by atoms with van der Waals surface area (Å²) < 4.78 is 0. The van der Waals surface area contributed by atoms with Gasteiger partial charge in [0.15, 0.2) is 0 Å². The third kappa shape index (κ3) is 2.18. The fourth-order valence-electron chi connectivity index (χ4n) is 1.68. The molecule has 0 saturated carbocycles. The van der Waals surface area contributed by atoms with Crippen molar-refractivity contribution in [1.82, 2.24) is 0 Å². The van der Waals surface area contributed by atoms with Crippen LogP contribution in [0.2, 0.25) is 10.0 Å². The Morgan fingerprint density at radius 2 is 1.94 bits per heavy atom. The lowest BCUT2D eigenvalue weighted by Crippen LogP contribution is -2.15. The number of rotatable bonds is 2. The van der Waals surface area contributed by atoms with Crippen LogP contribution >= 0.6 is 23.2 Å². The number of halogens is 2. The van der Waals surface area contributed by atoms with Crippen LogP contribution in [0.25, 0.3) is 0 Å². The quantitative estimate of drug-likeness (QED) is 0.781. The molecule has 2 nitrogen and oxygen atoms in total. The average molecular weight is 258 g/mol. The maximum Gasteiger partial charge on any atom is 0.135 e. The molecule has 86 valence electrons. The van der Waals surface area contributed by atoms with Crippen LogP contribution in [0.1, 0.15) is 25.8 Å². The van der Waals surface area contributed by atoms with Gasteiger partial charge in [-0.1, -0.05) is 48.3 Å². The van der Waals surface area contributed by atoms with Crippen LogP contribution in [0.4, 0.5) is 0 Å². The van der Waals surface area contributed by atoms with Crippen LogP contribution in [-0.4, -0.2) is 11.8 Å². The Balaban J connectivity index is 2.27. The van der Waals surface area contributed by atoms with E-state index in [1.54, 1.807) is 0 Å². The minimum absolute atomic E-state index is 0.127. The molecular formula is C12H13Cl2NO. The first-order chi connectivity index (χ1) is 7.59. The summed E-state index contributed by atoms with van der Waals surface area (Å²) in [5.74, 6) is 0.433. The Morgan fingerprint density at radius 3 is 2.44 bits per heavy atom. The fraction of sp³-hybridized carbons (Fsp3) is 0.417. The second kappa shape index (κ2) is 4.64. The molecule has 1 aromatic carbocycles. The van der Waals surface area contributed by atoms with Crippen LogP contribution in [0.5, 0.6) is 0 Å². The number of oxime groups is 1. The third-order valence-corrected chi connectivity index (χ3v) is 3.32. The van der Waals surface area contributed by atoms with E-state index in [2.05, 4.69) is 19.0 Å². The van der Waals surface area contributed by atoms with Crippen molar-refractivity contribution in [1.29, 1.82) is 0 Å². The monoisotopic (exact) mass is 257 g/mol. The van der Waals surface area contributed by atoms with Gasteiger partial charge in [-0.25, -0.2) is 0 Å². The number of hydrogen-bond acceptors (Lipinski definition) is 2. The third-order valence-electron chi connectivity index (χ3n) is 2.69. The molecule has 0 aliphatic carbocycles. The summed E-state index contributed by atoms with van der Waals surface area (Å²) in [4.78, 5) is 5.36. The summed E-state index contributed by atoms with van der Waals surface area (Å²) in [5.41, 5.74) is 1.64. The summed E-state index contributed by atoms with van der Waals surface area (Å²) >= 11 is 12.2. The van der Waals surface area contributed by atoms with E-state index < -0.39 is 0 Å². The molecule has 1 aliphatic heterocycles. The summed E-state index contributed by atoms with van der Waals surface area (Å²) in [6.07, 6.45) is 0.892. The van der Waals surface area contributed by atoms with Crippen LogP contribution < -0.4 is 0 Å². The van der Waals surface area contributed by atoms with Gasteiger partial charge in [0.1, 0.15) is 6.10 Å². The van der Waals surface area contributed by atoms with E-state index >= 15 is 0 Å². The van der Waals surface area contributed by atoms with Crippen molar-refractivity contribution in [3.8, 4) is 0 Å². The Bertz CT molecular complexity index is 409. The van der Waals surface area contributed by atoms with E-state index in [4.69, 9.17) is 28.0 Å². The number of hydrogen-bond donors (Lipinski definition) is 0. The Kier molecular flexibility index (Phi) is 3.41. The zero-order chi connectivity index (χ0) is 11.7. The van der Waals surface area contributed by atoms with Gasteiger partial charge in [0.2, 0.25) is 0 Å². The molecule has 1 aromatic rings. The first kappa shape index (κ1) is 11.7. The molecule has 2 rings (SSSR count). The van der Waals surface area contributed by atoms with E-state index in [0.717, 1.165) is 17.7 Å². The largest absolute Gasteiger partial charge is 0.392 e. The van der Waals surface area contributed by atoms with Crippen molar-refractivity contribution in [2.45, 2.75) is 26.4 Å². The minimum Gasteiger partial charge on any atom is -0.392 e. The molecule has 0 spiro atoms. The van der Waals surface area contributed by atoms with E-state index in [1.807, 2.05) is 18.2 Å². The topological polar surface area (TPSA) is 21.6 Å². The zero-order valence-corrected chi connectivity index (χ0v) is 10.7. The number of nitrogens with zero attached hydrogens (tertiary/aromatic N) is 1. The van der Waals surface area contributed by atoms with Crippen molar-refractivity contribution < 1.29 is 4.84 Å². The lowest BCUT2D eigenvalue weighted by molar-refractivity contribution is 0.0521. The summed E-state index contributed by atoms with van der Waals surface area (Å²) in [6, 6.07) is 5.45. The normalized spacial score (nSPS) is 19.8. The fourth-order valence-corrected chi connectivity index (χ4v) is 2.29. The van der Waals surface area contributed by atoms with Gasteiger partial charge in [-0.2, -0.15) is 0 Å². The lowest BCUT2D eigenvalue weighted by atomic mass is 9.98. The molecule has 0 bridgehead atoms. The lowest BCUT2D eigenvalue weighted by Gasteiger charge is -2.11. The zero-order valence-electron chi connectivity index (χ0n) is 9.21. The summed E-state index contributed by atoms with van der Waals surface area (Å²) in [7, 11) is 0. The number of benzene rings is 1. The van der Waals surface area contributed by atoms with Gasteiger partial charge >= 0.3 is 0 Å². The van der Waals surface area contributed by atoms with Crippen LogP contribution in [0.3, 0.4) is 0 Å². The molecular weight excluding hydrogens is 245 g/mol. The SMILES string of the molecule is CC(C)C1CC(c2c(Cl)cccc2Cl)=NO1. The molecule has 16 heavy (non-hydrogen) atoms. The second-order valence-corrected chi connectivity index (χ2v) is 5.04. The first-order valence-corrected chi connectivity index (χ1v) is 6.02. The highest BCUT2D eigenvalue weighted by atomic mass is 35.5. The predicted octanol–water partition coefficient (Wildman–Crippen LogP) is 4.14. The molecule has 1 unspecified atom stereocenters. The van der Waals surface area contributed by atoms with E-state index in [-0.39, 0.29) is 6.10 Å². The van der Waals surface area contributed by atoms with Gasteiger partial charge in [0, 0.05) is 12.0 Å². The molecule has 1 aliphatic rings. The van der Waals surface area contributed by atoms with Gasteiger partial charge in [-0.15, -0.1) is 0 Å². The molecule has 0 saturated heterocycles. The van der Waals surface area contributed by atoms with Crippen LogP contribution in [-0.2, 0) is 4.84 Å². The van der Waals surface area contributed by atoms with Crippen molar-refractivity contribution in [2.75, 3.05) is 0 Å². The van der Waals surface area contributed by atoms with Gasteiger partial charge in [0.05, 0.1) is 15.8 Å². The van der Waals surface area contributed by atoms with E-state index in [9.17, 15) is 0 Å². The van der Waals surface area contributed by atoms with Gasteiger partial charge in [-0.3, -0.25) is 0 Å². The van der Waals surface area contributed by atoms with Crippen molar-refractivity contribution in [3.63, 3.8) is 0 Å². The smallest absolute Gasteiger partial charge is 0.135 e. The van der Waals surface area contributed by atoms with Crippen molar-refractivity contribution in [3.05, 3.63) is 33.8 Å². The highest BCUT2D eigenvalue weighted by molar-refractivity contribution is 6.40. The highest BCUT2D eigenvalue weighted by Crippen LogP contribution is 2.30. The molecule has 0 radical (unpaired) electrons. The average Bonchev–Trinajstić information content (AvgIpc) is 2.66. The van der Waals surface area contributed by atoms with Crippen molar-refractivity contribution >= 4 is 28.9 Å². The van der Waals surface area contributed by atoms with Crippen LogP contribution in [0.15, 0.2) is 23.4 Å². The van der Waals surface area contributed by atoms with Gasteiger partial charge in [0.25, 0.3) is 0 Å². The van der Waals surface area contributed by atoms with Gasteiger partial charge in [-0.05, 0) is 18.1 Å². The molecule has 1 heterocycles. The molecule has 4 heteroatoms. The molecule has 1 atom stereocenters. The Labute approximate surface area is 105 Å². The molecule has 0 amide bonds. The molecule has 0 fully saturated rings. The predicted molar refractivity (Wildman–Crippen MR) is 67.3 cm³/mol. The minimum atomic E-state index is 0.127. The Hall–Kier alpha value is -0.730. The summed E-state index contributed by atoms with van der Waals surface area (Å²) in [5, 5.41) is 5.33.